The van der Waals surface area contributed by atoms with Crippen LogP contribution in [-0.4, -0.2) is 91.6 Å². The van der Waals surface area contributed by atoms with Crippen LogP contribution >= 0.6 is 11.3 Å². The summed E-state index contributed by atoms with van der Waals surface area (Å²) in [6.45, 7) is -0.117. The molecule has 0 saturated carbocycles. The molecule has 2 aliphatic rings. The second-order valence-corrected chi connectivity index (χ2v) is 9.97. The number of benzene rings is 1. The number of thiazole rings is 1. The van der Waals surface area contributed by atoms with Gasteiger partial charge >= 0.3 is 6.03 Å². The number of carbonyl (C=O) groups excluding carboxylic acids is 3. The Bertz CT molecular complexity index is 1440. The van der Waals surface area contributed by atoms with Crippen molar-refractivity contribution in [2.24, 2.45) is 0 Å². The molecule has 1 aromatic carbocycles. The largest absolute Gasteiger partial charge is 0.506 e. The lowest BCUT2D eigenvalue weighted by Gasteiger charge is -2.45. The van der Waals surface area contributed by atoms with E-state index in [2.05, 4.69) is 15.3 Å². The van der Waals surface area contributed by atoms with Gasteiger partial charge in [0.2, 0.25) is 11.8 Å². The van der Waals surface area contributed by atoms with Crippen LogP contribution in [0.3, 0.4) is 0 Å². The third-order valence-corrected chi connectivity index (χ3v) is 7.49. The van der Waals surface area contributed by atoms with E-state index in [1.165, 1.54) is 45.6 Å². The SMILES string of the molecule is CNC(=O)N(CC#N)N1CC(=O)N2[C@@H](Cc3ccc(O)cn3)C(=O)N(Cc3cccc4sc(N)nc34)C[C@@H]21. The maximum absolute atomic E-state index is 13.9. The van der Waals surface area contributed by atoms with Gasteiger partial charge in [0.1, 0.15) is 24.5 Å². The van der Waals surface area contributed by atoms with E-state index < -0.39 is 18.2 Å². The first-order valence-electron chi connectivity index (χ1n) is 11.8. The van der Waals surface area contributed by atoms with Crippen LogP contribution in [0.2, 0.25) is 0 Å². The number of fused-ring (bicyclic) bond motifs is 2. The van der Waals surface area contributed by atoms with Crippen molar-refractivity contribution in [3.63, 3.8) is 0 Å². The lowest BCUT2D eigenvalue weighted by molar-refractivity contribution is -0.157. The molecule has 13 nitrogen and oxygen atoms in total. The van der Waals surface area contributed by atoms with Gasteiger partial charge in [0.05, 0.1) is 35.6 Å². The van der Waals surface area contributed by atoms with Crippen molar-refractivity contribution >= 4 is 44.5 Å². The van der Waals surface area contributed by atoms with Gasteiger partial charge in [-0.3, -0.25) is 14.6 Å². The van der Waals surface area contributed by atoms with Crippen molar-refractivity contribution in [3.05, 3.63) is 47.8 Å². The van der Waals surface area contributed by atoms with Crippen LogP contribution in [0, 0.1) is 11.3 Å². The Morgan fingerprint density at radius 2 is 2.16 bits per heavy atom. The Balaban J connectivity index is 1.52. The third-order valence-electron chi connectivity index (χ3n) is 6.64. The Morgan fingerprint density at radius 3 is 2.87 bits per heavy atom. The molecule has 38 heavy (non-hydrogen) atoms. The Hall–Kier alpha value is -4.48. The number of aromatic nitrogens is 2. The first-order valence-corrected chi connectivity index (χ1v) is 12.6. The fraction of sp³-hybridized carbons (Fsp3) is 0.333. The summed E-state index contributed by atoms with van der Waals surface area (Å²) >= 11 is 1.36. The Morgan fingerprint density at radius 1 is 1.34 bits per heavy atom. The van der Waals surface area contributed by atoms with Gasteiger partial charge in [0.25, 0.3) is 0 Å². The quantitative estimate of drug-likeness (QED) is 0.380. The highest BCUT2D eigenvalue weighted by Gasteiger charge is 2.52. The van der Waals surface area contributed by atoms with Gasteiger partial charge in [0, 0.05) is 25.7 Å². The van der Waals surface area contributed by atoms with E-state index in [9.17, 15) is 24.8 Å². The lowest BCUT2D eigenvalue weighted by atomic mass is 10.0. The molecule has 4 amide bonds. The predicted molar refractivity (Wildman–Crippen MR) is 137 cm³/mol. The molecular formula is C24H25N9O4S. The fourth-order valence-corrected chi connectivity index (χ4v) is 5.74. The molecule has 2 saturated heterocycles. The zero-order valence-electron chi connectivity index (χ0n) is 20.4. The second-order valence-electron chi connectivity index (χ2n) is 8.91. The van der Waals surface area contributed by atoms with Gasteiger partial charge in [-0.25, -0.2) is 14.8 Å². The molecule has 196 valence electrons. The molecule has 3 aromatic rings. The number of anilines is 1. The summed E-state index contributed by atoms with van der Waals surface area (Å²) in [5.74, 6) is -0.633. The minimum Gasteiger partial charge on any atom is -0.506 e. The smallest absolute Gasteiger partial charge is 0.332 e. The lowest BCUT2D eigenvalue weighted by Crippen LogP contribution is -2.66. The van der Waals surface area contributed by atoms with Crippen molar-refractivity contribution < 1.29 is 19.5 Å². The van der Waals surface area contributed by atoms with Crippen molar-refractivity contribution in [1.29, 1.82) is 5.26 Å². The summed E-state index contributed by atoms with van der Waals surface area (Å²) in [7, 11) is 1.44. The van der Waals surface area contributed by atoms with Crippen LogP contribution in [0.25, 0.3) is 10.2 Å². The van der Waals surface area contributed by atoms with Crippen LogP contribution in [0.1, 0.15) is 11.3 Å². The minimum atomic E-state index is -0.906. The number of para-hydroxylation sites is 1. The molecule has 0 aliphatic carbocycles. The topological polar surface area (TPSA) is 172 Å². The summed E-state index contributed by atoms with van der Waals surface area (Å²) in [6, 6.07) is 9.25. The molecule has 14 heteroatoms. The number of nitriles is 1. The number of hydrogen-bond donors (Lipinski definition) is 3. The number of urea groups is 1. The van der Waals surface area contributed by atoms with E-state index >= 15 is 0 Å². The normalized spacial score (nSPS) is 19.5. The molecule has 2 atom stereocenters. The van der Waals surface area contributed by atoms with E-state index in [1.807, 2.05) is 24.3 Å². The predicted octanol–water partition coefficient (Wildman–Crippen LogP) is 0.483. The van der Waals surface area contributed by atoms with E-state index in [1.54, 1.807) is 11.0 Å². The van der Waals surface area contributed by atoms with Crippen molar-refractivity contribution in [3.8, 4) is 11.8 Å². The van der Waals surface area contributed by atoms with Crippen LogP contribution < -0.4 is 11.1 Å². The van der Waals surface area contributed by atoms with Crippen LogP contribution in [-0.2, 0) is 22.6 Å². The van der Waals surface area contributed by atoms with Crippen LogP contribution in [0.5, 0.6) is 5.75 Å². The second kappa shape index (κ2) is 10.1. The number of nitrogens with one attached hydrogen (secondary N) is 1. The first kappa shape index (κ1) is 25.2. The highest BCUT2D eigenvalue weighted by molar-refractivity contribution is 7.22. The molecule has 5 rings (SSSR count). The number of aromatic hydroxyl groups is 1. The van der Waals surface area contributed by atoms with E-state index in [4.69, 9.17) is 5.73 Å². The third kappa shape index (κ3) is 4.53. The van der Waals surface area contributed by atoms with Gasteiger partial charge in [-0.1, -0.05) is 23.5 Å². The standard InChI is InChI=1S/C24H25N9O4S/c1-27-24(37)31(8-7-25)32-13-20(35)33-17(9-15-5-6-16(34)10-28-15)22(36)30(12-19(32)33)11-14-3-2-4-18-21(14)29-23(26)38-18/h2-6,10,17,19,34H,8-9,11-13H2,1H3,(H2,26,29)(H,27,37)/t17-,19+/m0/s1. The zero-order valence-corrected chi connectivity index (χ0v) is 21.3. The molecule has 2 aliphatic heterocycles. The van der Waals surface area contributed by atoms with Gasteiger partial charge in [-0.15, -0.1) is 0 Å². The first-order chi connectivity index (χ1) is 18.3. The van der Waals surface area contributed by atoms with Crippen LogP contribution in [0.4, 0.5) is 9.93 Å². The van der Waals surface area contributed by atoms with E-state index in [0.29, 0.717) is 16.3 Å². The summed E-state index contributed by atoms with van der Waals surface area (Å²) in [5.41, 5.74) is 7.95. The maximum Gasteiger partial charge on any atom is 0.332 e. The fourth-order valence-electron chi connectivity index (χ4n) is 4.96. The summed E-state index contributed by atoms with van der Waals surface area (Å²) in [4.78, 5) is 51.5. The molecular weight excluding hydrogens is 510 g/mol. The molecule has 0 spiro atoms. The summed E-state index contributed by atoms with van der Waals surface area (Å²) in [5, 5.41) is 24.6. The highest BCUT2D eigenvalue weighted by atomic mass is 32.1. The zero-order chi connectivity index (χ0) is 27.0. The monoisotopic (exact) mass is 535 g/mol. The minimum absolute atomic E-state index is 0.0139. The summed E-state index contributed by atoms with van der Waals surface area (Å²) < 4.78 is 0.897. The Labute approximate surface area is 221 Å². The van der Waals surface area contributed by atoms with Crippen molar-refractivity contribution in [2.45, 2.75) is 25.2 Å². The number of pyridine rings is 1. The average Bonchev–Trinajstić information content (AvgIpc) is 3.45. The molecule has 0 bridgehead atoms. The number of rotatable bonds is 6. The average molecular weight is 536 g/mol. The maximum atomic E-state index is 13.9. The molecule has 2 aromatic heterocycles. The van der Waals surface area contributed by atoms with E-state index in [0.717, 1.165) is 10.3 Å². The number of piperazine rings is 1. The summed E-state index contributed by atoms with van der Waals surface area (Å²) in [6.07, 6.45) is 0.703. The molecule has 0 radical (unpaired) electrons. The number of carbonyl (C=O) groups is 3. The van der Waals surface area contributed by atoms with Crippen molar-refractivity contribution in [1.82, 2.24) is 35.1 Å². The van der Waals surface area contributed by atoms with Gasteiger partial charge in [-0.2, -0.15) is 10.3 Å². The molecule has 4 N–H and O–H groups in total. The van der Waals surface area contributed by atoms with Crippen LogP contribution in [0.15, 0.2) is 36.5 Å². The van der Waals surface area contributed by atoms with Crippen molar-refractivity contribution in [2.75, 3.05) is 32.4 Å². The molecule has 2 fully saturated rings. The number of nitrogens with zero attached hydrogens (tertiary/aromatic N) is 7. The van der Waals surface area contributed by atoms with Gasteiger partial charge in [0.15, 0.2) is 5.13 Å². The number of hydrazine groups is 1. The number of nitrogen functional groups attached to an aromatic ring is 1. The van der Waals surface area contributed by atoms with E-state index in [-0.39, 0.29) is 50.2 Å². The molecule has 0 unspecified atom stereocenters. The van der Waals surface area contributed by atoms with Gasteiger partial charge in [-0.05, 0) is 23.8 Å². The molecule has 4 heterocycles. The number of nitrogens with two attached hydrogens (primary N) is 1. The number of hydrogen-bond acceptors (Lipinski definition) is 10. The van der Waals surface area contributed by atoms with Gasteiger partial charge < -0.3 is 26.0 Å². The highest BCUT2D eigenvalue weighted by Crippen LogP contribution is 2.32. The number of amides is 4. The Kier molecular flexibility index (Phi) is 6.70.